The lowest BCUT2D eigenvalue weighted by Crippen LogP contribution is -2.29. The Bertz CT molecular complexity index is 1540. The number of aryl methyl sites for hydroxylation is 2. The van der Waals surface area contributed by atoms with Crippen molar-refractivity contribution in [3.8, 4) is 5.69 Å². The Balaban J connectivity index is 1.62. The third-order valence-electron chi connectivity index (χ3n) is 7.02. The fourth-order valence-corrected chi connectivity index (χ4v) is 5.64. The molecule has 2 atom stereocenters. The molecule has 3 heterocycles. The standard InChI is InChI=1S/C30H30FN5O2S/c1-18-15-21(12-13-24(18)33-27(37)17-38-4)36-29(28(34-30(36)39)25-10-7-8-14-32-25)22-16-19(2)35(20(22)3)26-11-6-5-9-23(26)31/h5-16,28-29H,17H2,1-4H3,(H,33,37)(H,34,39)/t28-,29-/m1/s1. The zero-order valence-electron chi connectivity index (χ0n) is 22.2. The topological polar surface area (TPSA) is 71.4 Å². The van der Waals surface area contributed by atoms with Gasteiger partial charge < -0.3 is 24.8 Å². The summed E-state index contributed by atoms with van der Waals surface area (Å²) in [5.41, 5.74) is 6.65. The molecule has 200 valence electrons. The van der Waals surface area contributed by atoms with Crippen LogP contribution in [0.5, 0.6) is 0 Å². The second kappa shape index (κ2) is 11.0. The summed E-state index contributed by atoms with van der Waals surface area (Å²) in [7, 11) is 1.48. The fraction of sp³-hybridized carbons (Fsp3) is 0.233. The number of hydrogen-bond donors (Lipinski definition) is 2. The minimum atomic E-state index is -0.286. The van der Waals surface area contributed by atoms with Gasteiger partial charge in [0, 0.05) is 36.1 Å². The molecular formula is C30H30FN5O2S. The lowest BCUT2D eigenvalue weighted by molar-refractivity contribution is -0.119. The Morgan fingerprint density at radius 3 is 2.56 bits per heavy atom. The van der Waals surface area contributed by atoms with Gasteiger partial charge in [0.2, 0.25) is 5.91 Å². The Hall–Kier alpha value is -4.08. The number of para-hydroxylation sites is 1. The first-order chi connectivity index (χ1) is 18.8. The molecule has 1 amide bonds. The molecule has 9 heteroatoms. The third-order valence-corrected chi connectivity index (χ3v) is 7.33. The van der Waals surface area contributed by atoms with Crippen LogP contribution >= 0.6 is 12.2 Å². The normalized spacial score (nSPS) is 16.8. The number of methoxy groups -OCH3 is 1. The van der Waals surface area contributed by atoms with Gasteiger partial charge in [-0.15, -0.1) is 0 Å². The zero-order valence-corrected chi connectivity index (χ0v) is 23.1. The third kappa shape index (κ3) is 5.03. The van der Waals surface area contributed by atoms with Crippen LogP contribution in [0.2, 0.25) is 0 Å². The van der Waals surface area contributed by atoms with Crippen LogP contribution in [0, 0.1) is 26.6 Å². The molecule has 1 saturated heterocycles. The number of nitrogens with zero attached hydrogens (tertiary/aromatic N) is 3. The second-order valence-electron chi connectivity index (χ2n) is 9.59. The number of carbonyl (C=O) groups is 1. The molecule has 0 spiro atoms. The fourth-order valence-electron chi connectivity index (χ4n) is 5.30. The number of amides is 1. The minimum absolute atomic E-state index is 0.0211. The van der Waals surface area contributed by atoms with Crippen molar-refractivity contribution in [2.24, 2.45) is 0 Å². The van der Waals surface area contributed by atoms with Gasteiger partial charge in [0.25, 0.3) is 0 Å². The minimum Gasteiger partial charge on any atom is -0.375 e. The van der Waals surface area contributed by atoms with Crippen LogP contribution in [0.25, 0.3) is 5.69 Å². The molecular weight excluding hydrogens is 513 g/mol. The Morgan fingerprint density at radius 2 is 1.87 bits per heavy atom. The average Bonchev–Trinajstić information content (AvgIpc) is 3.41. The molecule has 0 saturated carbocycles. The van der Waals surface area contributed by atoms with Crippen molar-refractivity contribution in [3.05, 3.63) is 107 Å². The van der Waals surface area contributed by atoms with E-state index in [1.807, 2.05) is 67.8 Å². The van der Waals surface area contributed by atoms with Crippen molar-refractivity contribution in [3.63, 3.8) is 0 Å². The summed E-state index contributed by atoms with van der Waals surface area (Å²) in [4.78, 5) is 18.8. The van der Waals surface area contributed by atoms with E-state index in [0.717, 1.165) is 33.9 Å². The quantitative estimate of drug-likeness (QED) is 0.292. The van der Waals surface area contributed by atoms with E-state index in [-0.39, 0.29) is 30.4 Å². The summed E-state index contributed by atoms with van der Waals surface area (Å²) in [6.45, 7) is 5.90. The van der Waals surface area contributed by atoms with Crippen molar-refractivity contribution in [1.29, 1.82) is 0 Å². The van der Waals surface area contributed by atoms with Gasteiger partial charge in [-0.3, -0.25) is 9.78 Å². The maximum absolute atomic E-state index is 14.9. The van der Waals surface area contributed by atoms with Crippen molar-refractivity contribution in [1.82, 2.24) is 14.9 Å². The number of nitrogens with one attached hydrogen (secondary N) is 2. The highest BCUT2D eigenvalue weighted by Crippen LogP contribution is 2.44. The van der Waals surface area contributed by atoms with E-state index in [2.05, 4.69) is 26.6 Å². The van der Waals surface area contributed by atoms with Gasteiger partial charge in [-0.1, -0.05) is 18.2 Å². The highest BCUT2D eigenvalue weighted by Gasteiger charge is 2.42. The number of hydrogen-bond acceptors (Lipinski definition) is 4. The first-order valence-electron chi connectivity index (χ1n) is 12.6. The maximum Gasteiger partial charge on any atom is 0.250 e. The van der Waals surface area contributed by atoms with Gasteiger partial charge in [-0.2, -0.15) is 0 Å². The molecule has 2 N–H and O–H groups in total. The van der Waals surface area contributed by atoms with Crippen LogP contribution in [-0.4, -0.2) is 34.3 Å². The zero-order chi connectivity index (χ0) is 27.7. The summed E-state index contributed by atoms with van der Waals surface area (Å²) >= 11 is 5.89. The molecule has 7 nitrogen and oxygen atoms in total. The van der Waals surface area contributed by atoms with Crippen LogP contribution in [0.1, 0.15) is 40.3 Å². The largest absolute Gasteiger partial charge is 0.375 e. The van der Waals surface area contributed by atoms with Gasteiger partial charge in [0.05, 0.1) is 23.5 Å². The smallest absolute Gasteiger partial charge is 0.250 e. The highest BCUT2D eigenvalue weighted by atomic mass is 32.1. The van der Waals surface area contributed by atoms with Crippen molar-refractivity contribution in [2.45, 2.75) is 32.9 Å². The van der Waals surface area contributed by atoms with E-state index < -0.39 is 0 Å². The number of ether oxygens (including phenoxy) is 1. The predicted octanol–water partition coefficient (Wildman–Crippen LogP) is 5.70. The highest BCUT2D eigenvalue weighted by molar-refractivity contribution is 7.80. The molecule has 0 bridgehead atoms. The summed E-state index contributed by atoms with van der Waals surface area (Å²) in [6.07, 6.45) is 1.77. The lowest BCUT2D eigenvalue weighted by atomic mass is 9.96. The number of anilines is 2. The maximum atomic E-state index is 14.9. The Labute approximate surface area is 232 Å². The number of rotatable bonds is 7. The van der Waals surface area contributed by atoms with Crippen LogP contribution < -0.4 is 15.5 Å². The average molecular weight is 544 g/mol. The number of pyridine rings is 1. The van der Waals surface area contributed by atoms with E-state index in [0.29, 0.717) is 16.5 Å². The monoisotopic (exact) mass is 543 g/mol. The van der Waals surface area contributed by atoms with Crippen LogP contribution in [0.4, 0.5) is 15.8 Å². The number of benzene rings is 2. The number of aromatic nitrogens is 2. The van der Waals surface area contributed by atoms with E-state index in [1.165, 1.54) is 13.2 Å². The first-order valence-corrected chi connectivity index (χ1v) is 13.0. The van der Waals surface area contributed by atoms with Gasteiger partial charge in [-0.05, 0) is 92.6 Å². The second-order valence-corrected chi connectivity index (χ2v) is 9.98. The van der Waals surface area contributed by atoms with Crippen molar-refractivity contribution < 1.29 is 13.9 Å². The Kier molecular flexibility index (Phi) is 7.45. The Morgan fingerprint density at radius 1 is 1.10 bits per heavy atom. The molecule has 0 radical (unpaired) electrons. The molecule has 1 aliphatic heterocycles. The number of thiocarbonyl (C=S) groups is 1. The molecule has 2 aromatic carbocycles. The SMILES string of the molecule is COCC(=O)Nc1ccc(N2C(=S)N[C@H](c3ccccn3)[C@H]2c2cc(C)n(-c3ccccc3F)c2C)cc1C. The van der Waals surface area contributed by atoms with Crippen LogP contribution in [0.15, 0.2) is 72.9 Å². The number of halogens is 1. The summed E-state index contributed by atoms with van der Waals surface area (Å²) in [6, 6.07) is 20.0. The molecule has 2 aromatic heterocycles. The molecule has 0 aliphatic carbocycles. The van der Waals surface area contributed by atoms with E-state index in [9.17, 15) is 9.18 Å². The van der Waals surface area contributed by atoms with E-state index in [1.54, 1.807) is 18.3 Å². The molecule has 39 heavy (non-hydrogen) atoms. The van der Waals surface area contributed by atoms with Gasteiger partial charge >= 0.3 is 0 Å². The van der Waals surface area contributed by atoms with Crippen molar-refractivity contribution >= 4 is 34.6 Å². The molecule has 0 unspecified atom stereocenters. The molecule has 1 fully saturated rings. The van der Waals surface area contributed by atoms with Gasteiger partial charge in [-0.25, -0.2) is 4.39 Å². The molecule has 1 aliphatic rings. The van der Waals surface area contributed by atoms with Crippen molar-refractivity contribution in [2.75, 3.05) is 23.9 Å². The van der Waals surface area contributed by atoms with Crippen LogP contribution in [-0.2, 0) is 9.53 Å². The molecule has 5 rings (SSSR count). The summed E-state index contributed by atoms with van der Waals surface area (Å²) in [5.74, 6) is -0.508. The number of carbonyl (C=O) groups excluding carboxylic acids is 1. The first kappa shape index (κ1) is 26.5. The van der Waals surface area contributed by atoms with Crippen LogP contribution in [0.3, 0.4) is 0 Å². The van der Waals surface area contributed by atoms with Gasteiger partial charge in [0.15, 0.2) is 5.11 Å². The van der Waals surface area contributed by atoms with E-state index >= 15 is 0 Å². The predicted molar refractivity (Wildman–Crippen MR) is 155 cm³/mol. The van der Waals surface area contributed by atoms with E-state index in [4.69, 9.17) is 17.0 Å². The lowest BCUT2D eigenvalue weighted by Gasteiger charge is -2.29. The summed E-state index contributed by atoms with van der Waals surface area (Å²) in [5, 5.41) is 6.92. The summed E-state index contributed by atoms with van der Waals surface area (Å²) < 4.78 is 21.8. The van der Waals surface area contributed by atoms with Gasteiger partial charge in [0.1, 0.15) is 12.4 Å². The molecule has 4 aromatic rings.